The number of carbonyl (C=O) groups is 1. The van der Waals surface area contributed by atoms with Gasteiger partial charge in [0.25, 0.3) is 11.9 Å². The van der Waals surface area contributed by atoms with Crippen molar-refractivity contribution in [1.82, 2.24) is 30.0 Å². The van der Waals surface area contributed by atoms with Crippen LogP contribution in [0.2, 0.25) is 0 Å². The Balaban J connectivity index is 1.46. The lowest BCUT2D eigenvalue weighted by Gasteiger charge is -2.10. The lowest BCUT2D eigenvalue weighted by atomic mass is 10.0. The van der Waals surface area contributed by atoms with Crippen molar-refractivity contribution >= 4 is 17.2 Å². The number of amides is 1. The van der Waals surface area contributed by atoms with Gasteiger partial charge in [0.15, 0.2) is 0 Å². The number of nitrogens with one attached hydrogen (secondary N) is 1. The first kappa shape index (κ1) is 18.6. The van der Waals surface area contributed by atoms with E-state index >= 15 is 0 Å². The van der Waals surface area contributed by atoms with E-state index in [0.29, 0.717) is 23.8 Å². The Labute approximate surface area is 177 Å². The van der Waals surface area contributed by atoms with Gasteiger partial charge in [0.2, 0.25) is 0 Å². The predicted octanol–water partition coefficient (Wildman–Crippen LogP) is 3.51. The van der Waals surface area contributed by atoms with Crippen molar-refractivity contribution in [3.8, 4) is 17.2 Å². The minimum atomic E-state index is -0.186. The molecule has 3 heterocycles. The van der Waals surface area contributed by atoms with Crippen LogP contribution in [0.15, 0.2) is 48.2 Å². The summed E-state index contributed by atoms with van der Waals surface area (Å²) in [5.74, 6) is 0.288. The lowest BCUT2D eigenvalue weighted by molar-refractivity contribution is 0.0950. The summed E-state index contributed by atoms with van der Waals surface area (Å²) in [6, 6.07) is 8.39. The number of nitrogens with zero attached hydrogens (tertiary/aromatic N) is 5. The minimum Gasteiger partial charge on any atom is -0.345 e. The van der Waals surface area contributed by atoms with E-state index in [-0.39, 0.29) is 5.91 Å². The van der Waals surface area contributed by atoms with Gasteiger partial charge in [0.05, 0.1) is 29.7 Å². The van der Waals surface area contributed by atoms with Gasteiger partial charge in [-0.05, 0) is 37.3 Å². The molecule has 1 aliphatic rings. The van der Waals surface area contributed by atoms with Gasteiger partial charge in [-0.15, -0.1) is 11.3 Å². The van der Waals surface area contributed by atoms with Crippen LogP contribution in [0.4, 0.5) is 0 Å². The zero-order valence-electron chi connectivity index (χ0n) is 16.5. The van der Waals surface area contributed by atoms with E-state index < -0.39 is 0 Å². The van der Waals surface area contributed by atoms with E-state index in [2.05, 4.69) is 38.6 Å². The summed E-state index contributed by atoms with van der Waals surface area (Å²) in [5, 5.41) is 10.0. The third kappa shape index (κ3) is 3.39. The summed E-state index contributed by atoms with van der Waals surface area (Å²) < 4.78 is 1.63. The summed E-state index contributed by atoms with van der Waals surface area (Å²) in [6.45, 7) is 2.25. The second-order valence-electron chi connectivity index (χ2n) is 7.22. The number of fused-ring (bicyclic) bond motifs is 3. The number of hydrogen-bond acceptors (Lipinski definition) is 6. The molecule has 0 bridgehead atoms. The third-order valence-corrected chi connectivity index (χ3v) is 6.12. The summed E-state index contributed by atoms with van der Waals surface area (Å²) in [7, 11) is 0. The topological polar surface area (TPSA) is 85.6 Å². The van der Waals surface area contributed by atoms with E-state index in [9.17, 15) is 4.79 Å². The number of hydrogen-bond donors (Lipinski definition) is 1. The van der Waals surface area contributed by atoms with Crippen LogP contribution in [-0.4, -0.2) is 30.6 Å². The Morgan fingerprint density at radius 1 is 1.17 bits per heavy atom. The fourth-order valence-electron chi connectivity index (χ4n) is 3.78. The fourth-order valence-corrected chi connectivity index (χ4v) is 4.34. The Morgan fingerprint density at radius 3 is 2.90 bits per heavy atom. The van der Waals surface area contributed by atoms with E-state index in [1.807, 2.05) is 24.6 Å². The van der Waals surface area contributed by atoms with Crippen LogP contribution in [0.1, 0.15) is 38.6 Å². The Morgan fingerprint density at radius 2 is 2.03 bits per heavy atom. The first-order valence-corrected chi connectivity index (χ1v) is 10.7. The highest BCUT2D eigenvalue weighted by atomic mass is 32.1. The molecule has 1 aromatic carbocycles. The third-order valence-electron chi connectivity index (χ3n) is 5.34. The molecule has 7 nitrogen and oxygen atoms in total. The molecule has 0 saturated carbocycles. The number of aromatic nitrogens is 5. The first-order chi connectivity index (χ1) is 14.7. The van der Waals surface area contributed by atoms with Crippen LogP contribution in [0.25, 0.3) is 17.2 Å². The van der Waals surface area contributed by atoms with Gasteiger partial charge < -0.3 is 5.32 Å². The molecule has 0 unspecified atom stereocenters. The summed E-state index contributed by atoms with van der Waals surface area (Å²) in [4.78, 5) is 26.2. The van der Waals surface area contributed by atoms with E-state index in [4.69, 9.17) is 4.98 Å². The highest BCUT2D eigenvalue weighted by molar-refractivity contribution is 7.09. The standard InChI is InChI=1S/C22H20N6OS/c1-14-18(21(29)24-13-19-23-9-10-30-19)12-26-28(14)22-25-11-16-7-4-6-15-5-2-3-8-17(15)20(16)27-22/h2-3,5,8-12H,4,6-7,13H2,1H3,(H,24,29). The molecule has 0 fully saturated rings. The maximum atomic E-state index is 12.6. The smallest absolute Gasteiger partial charge is 0.255 e. The van der Waals surface area contributed by atoms with Gasteiger partial charge in [-0.1, -0.05) is 24.3 Å². The Bertz CT molecular complexity index is 1210. The lowest BCUT2D eigenvalue weighted by Crippen LogP contribution is -2.23. The molecule has 0 aliphatic heterocycles. The maximum Gasteiger partial charge on any atom is 0.255 e. The van der Waals surface area contributed by atoms with E-state index in [1.165, 1.54) is 16.9 Å². The highest BCUT2D eigenvalue weighted by Crippen LogP contribution is 2.31. The van der Waals surface area contributed by atoms with Crippen molar-refractivity contribution in [1.29, 1.82) is 0 Å². The van der Waals surface area contributed by atoms with Crippen LogP contribution in [0.3, 0.4) is 0 Å². The molecule has 30 heavy (non-hydrogen) atoms. The van der Waals surface area contributed by atoms with Gasteiger partial charge in [-0.3, -0.25) is 4.79 Å². The van der Waals surface area contributed by atoms with Gasteiger partial charge in [-0.2, -0.15) is 5.10 Å². The van der Waals surface area contributed by atoms with Crippen LogP contribution >= 0.6 is 11.3 Å². The number of thiazole rings is 1. The average Bonchev–Trinajstić information content (AvgIpc) is 3.38. The molecule has 5 rings (SSSR count). The largest absolute Gasteiger partial charge is 0.345 e. The monoisotopic (exact) mass is 416 g/mol. The average molecular weight is 417 g/mol. The Hall–Kier alpha value is -3.39. The molecule has 8 heteroatoms. The molecule has 0 atom stereocenters. The van der Waals surface area contributed by atoms with Gasteiger partial charge in [0.1, 0.15) is 5.01 Å². The second kappa shape index (κ2) is 7.79. The summed E-state index contributed by atoms with van der Waals surface area (Å²) >= 11 is 1.51. The molecule has 4 aromatic rings. The Kier molecular flexibility index (Phi) is 4.84. The molecule has 0 saturated heterocycles. The van der Waals surface area contributed by atoms with Crippen LogP contribution in [0.5, 0.6) is 0 Å². The van der Waals surface area contributed by atoms with Crippen molar-refractivity contribution in [2.45, 2.75) is 32.7 Å². The number of carbonyl (C=O) groups excluding carboxylic acids is 1. The minimum absolute atomic E-state index is 0.186. The fraction of sp³-hybridized carbons (Fsp3) is 0.227. The van der Waals surface area contributed by atoms with Crippen LogP contribution in [0, 0.1) is 6.92 Å². The molecule has 0 spiro atoms. The van der Waals surface area contributed by atoms with Crippen molar-refractivity contribution < 1.29 is 4.79 Å². The van der Waals surface area contributed by atoms with E-state index in [1.54, 1.807) is 17.1 Å². The van der Waals surface area contributed by atoms with Crippen molar-refractivity contribution in [2.24, 2.45) is 0 Å². The zero-order valence-corrected chi connectivity index (χ0v) is 17.3. The quantitative estimate of drug-likeness (QED) is 0.550. The molecule has 150 valence electrons. The van der Waals surface area contributed by atoms with Crippen LogP contribution in [-0.2, 0) is 19.4 Å². The zero-order chi connectivity index (χ0) is 20.5. The number of benzene rings is 1. The number of rotatable bonds is 4. The van der Waals surface area contributed by atoms with Gasteiger partial charge in [-0.25, -0.2) is 19.6 Å². The molecule has 0 radical (unpaired) electrons. The van der Waals surface area contributed by atoms with Crippen molar-refractivity contribution in [3.05, 3.63) is 75.6 Å². The first-order valence-electron chi connectivity index (χ1n) is 9.86. The highest BCUT2D eigenvalue weighted by Gasteiger charge is 2.20. The normalized spacial score (nSPS) is 12.7. The number of aryl methyl sites for hydroxylation is 2. The molecule has 1 N–H and O–H groups in total. The molecule has 1 amide bonds. The van der Waals surface area contributed by atoms with Crippen LogP contribution < -0.4 is 5.32 Å². The van der Waals surface area contributed by atoms with E-state index in [0.717, 1.165) is 41.1 Å². The maximum absolute atomic E-state index is 12.6. The summed E-state index contributed by atoms with van der Waals surface area (Å²) in [6.07, 6.45) is 8.25. The summed E-state index contributed by atoms with van der Waals surface area (Å²) in [5.41, 5.74) is 5.77. The molecule has 1 aliphatic carbocycles. The predicted molar refractivity (Wildman–Crippen MR) is 115 cm³/mol. The van der Waals surface area contributed by atoms with Crippen molar-refractivity contribution in [2.75, 3.05) is 0 Å². The van der Waals surface area contributed by atoms with Gasteiger partial charge in [0, 0.05) is 23.3 Å². The van der Waals surface area contributed by atoms with Gasteiger partial charge >= 0.3 is 0 Å². The molecule has 3 aromatic heterocycles. The molecular weight excluding hydrogens is 396 g/mol. The second-order valence-corrected chi connectivity index (χ2v) is 8.20. The SMILES string of the molecule is Cc1c(C(=O)NCc2nccs2)cnn1-c1ncc2c(n1)-c1ccccc1CCC2. The van der Waals surface area contributed by atoms with Crippen molar-refractivity contribution in [3.63, 3.8) is 0 Å². The molecular formula is C22H20N6OS.